The minimum atomic E-state index is -1.51. The Bertz CT molecular complexity index is 1680. The molecule has 0 spiro atoms. The number of nitrogens with zero attached hydrogens (tertiary/aromatic N) is 7. The van der Waals surface area contributed by atoms with Crippen LogP contribution in [0.3, 0.4) is 0 Å². The zero-order valence-corrected chi connectivity index (χ0v) is 23.5. The number of hydrogen-bond donors (Lipinski definition) is 3. The molecule has 3 aromatic heterocycles. The summed E-state index contributed by atoms with van der Waals surface area (Å²) in [7, 11) is 0. The Hall–Kier alpha value is -4.58. The lowest BCUT2D eigenvalue weighted by molar-refractivity contribution is -0.662. The van der Waals surface area contributed by atoms with Crippen molar-refractivity contribution in [2.24, 2.45) is 10.9 Å². The van der Waals surface area contributed by atoms with Crippen LogP contribution in [0.15, 0.2) is 41.0 Å². The number of thioether (sulfide) groups is 1. The highest BCUT2D eigenvalue weighted by Crippen LogP contribution is 2.40. The molecule has 18 heteroatoms. The van der Waals surface area contributed by atoms with Gasteiger partial charge in [0.1, 0.15) is 30.3 Å². The third-order valence-corrected chi connectivity index (χ3v) is 9.01. The van der Waals surface area contributed by atoms with Crippen molar-refractivity contribution in [2.45, 2.75) is 49.7 Å². The number of aliphatic carboxylic acids is 1. The first kappa shape index (κ1) is 27.6. The predicted molar refractivity (Wildman–Crippen MR) is 145 cm³/mol. The van der Waals surface area contributed by atoms with Crippen LogP contribution in [0.5, 0.6) is 0 Å². The number of carbonyl (C=O) groups excluding carboxylic acids is 4. The standard InChI is InChI=1S/C24H24N10O6S2/c25-18(35)13-5-6-14-32(7-8-33(14)29-13)9-11-10-41-22-16(21(37)34(22)17(11)23(38)39)27-20(36)15(19-28-24(26)42-31-19)30-40-12-3-1-2-4-12/h5-8,12,16,22H,1-4,9-10H2,(H5-,25,26,27,28,31,35,36,38,39)/b30-15-/t16-,22-/m1/s1. The fraction of sp³-hybridized carbons (Fsp3) is 0.375. The Labute approximate surface area is 245 Å². The molecule has 16 nitrogen and oxygen atoms in total. The van der Waals surface area contributed by atoms with Crippen LogP contribution in [-0.4, -0.2) is 76.5 Å². The molecule has 1 saturated carbocycles. The van der Waals surface area contributed by atoms with Gasteiger partial charge in [0.05, 0.1) is 11.7 Å². The molecule has 1 aliphatic carbocycles. The van der Waals surface area contributed by atoms with E-state index in [1.807, 2.05) is 0 Å². The van der Waals surface area contributed by atoms with Gasteiger partial charge in [-0.1, -0.05) is 10.3 Å². The van der Waals surface area contributed by atoms with Crippen molar-refractivity contribution >= 4 is 63.5 Å². The van der Waals surface area contributed by atoms with Crippen LogP contribution in [0.4, 0.5) is 5.13 Å². The summed E-state index contributed by atoms with van der Waals surface area (Å²) in [5, 5.41) is 22.5. The maximum Gasteiger partial charge on any atom is 0.307 e. The van der Waals surface area contributed by atoms with Crippen molar-refractivity contribution in [3.05, 3.63) is 47.3 Å². The summed E-state index contributed by atoms with van der Waals surface area (Å²) in [5.74, 6) is -3.33. The third-order valence-electron chi connectivity index (χ3n) is 7.13. The van der Waals surface area contributed by atoms with Gasteiger partial charge in [-0.2, -0.15) is 9.36 Å². The zero-order chi connectivity index (χ0) is 29.5. The van der Waals surface area contributed by atoms with Gasteiger partial charge >= 0.3 is 5.65 Å². The summed E-state index contributed by atoms with van der Waals surface area (Å²) >= 11 is 2.19. The number of carboxylic acids is 1. The number of nitrogens with two attached hydrogens (primary N) is 2. The zero-order valence-electron chi connectivity index (χ0n) is 21.8. The first-order chi connectivity index (χ1) is 20.2. The van der Waals surface area contributed by atoms with Gasteiger partial charge < -0.3 is 31.5 Å². The first-order valence-corrected chi connectivity index (χ1v) is 14.7. The van der Waals surface area contributed by atoms with Crippen LogP contribution in [0.2, 0.25) is 0 Å². The number of anilines is 1. The number of aromatic nitrogens is 5. The van der Waals surface area contributed by atoms with E-state index in [9.17, 15) is 24.3 Å². The van der Waals surface area contributed by atoms with Crippen molar-refractivity contribution in [3.8, 4) is 0 Å². The van der Waals surface area contributed by atoms with Crippen LogP contribution in [0, 0.1) is 0 Å². The van der Waals surface area contributed by atoms with E-state index < -0.39 is 35.1 Å². The Morgan fingerprint density at radius 2 is 2.05 bits per heavy atom. The number of primary amides is 1. The van der Waals surface area contributed by atoms with Crippen LogP contribution in [0.25, 0.3) is 5.65 Å². The second-order valence-corrected chi connectivity index (χ2v) is 11.7. The molecule has 218 valence electrons. The highest BCUT2D eigenvalue weighted by atomic mass is 32.2. The Morgan fingerprint density at radius 1 is 1.26 bits per heavy atom. The van der Waals surface area contributed by atoms with Gasteiger partial charge in [-0.3, -0.25) is 19.3 Å². The molecular formula is C24H24N10O6S2. The first-order valence-electron chi connectivity index (χ1n) is 12.9. The third kappa shape index (κ3) is 5.02. The lowest BCUT2D eigenvalue weighted by atomic mass is 10.0. The van der Waals surface area contributed by atoms with E-state index >= 15 is 0 Å². The van der Waals surface area contributed by atoms with Crippen LogP contribution >= 0.6 is 23.3 Å². The second-order valence-electron chi connectivity index (χ2n) is 9.82. The van der Waals surface area contributed by atoms with Gasteiger partial charge in [0.25, 0.3) is 17.7 Å². The minimum Gasteiger partial charge on any atom is -0.543 e. The number of carbonyl (C=O) groups is 4. The number of amides is 3. The molecule has 6 rings (SSSR count). The molecule has 5 N–H and O–H groups in total. The number of nitrogens with one attached hydrogen (secondary N) is 1. The normalized spacial score (nSPS) is 20.9. The van der Waals surface area contributed by atoms with Crippen LogP contribution < -0.4 is 26.5 Å². The average Bonchev–Trinajstić information content (AvgIpc) is 3.73. The largest absolute Gasteiger partial charge is 0.543 e. The molecule has 1 saturated heterocycles. The molecule has 5 heterocycles. The van der Waals surface area contributed by atoms with E-state index in [4.69, 9.17) is 16.3 Å². The molecule has 0 unspecified atom stereocenters. The second kappa shape index (κ2) is 11.0. The number of carboxylic acid groups (broad SMARTS) is 1. The maximum atomic E-state index is 13.3. The van der Waals surface area contributed by atoms with E-state index in [0.717, 1.165) is 42.1 Å². The Morgan fingerprint density at radius 3 is 2.74 bits per heavy atom. The lowest BCUT2D eigenvalue weighted by Gasteiger charge is -2.50. The quantitative estimate of drug-likeness (QED) is 0.103. The maximum absolute atomic E-state index is 13.3. The molecule has 2 aliphatic heterocycles. The van der Waals surface area contributed by atoms with Crippen LogP contribution in [0.1, 0.15) is 42.0 Å². The molecule has 2 fully saturated rings. The van der Waals surface area contributed by atoms with E-state index in [-0.39, 0.29) is 46.5 Å². The van der Waals surface area contributed by atoms with E-state index in [2.05, 4.69) is 24.9 Å². The highest BCUT2D eigenvalue weighted by Gasteiger charge is 2.53. The molecule has 3 aliphatic rings. The fourth-order valence-electron chi connectivity index (χ4n) is 5.10. The Balaban J connectivity index is 1.21. The summed E-state index contributed by atoms with van der Waals surface area (Å²) < 4.78 is 7.22. The van der Waals surface area contributed by atoms with E-state index in [1.54, 1.807) is 23.0 Å². The van der Waals surface area contributed by atoms with Crippen LogP contribution in [-0.2, 0) is 25.8 Å². The number of β-lactam (4-membered cyclic amide) rings is 1. The smallest absolute Gasteiger partial charge is 0.307 e. The van der Waals surface area contributed by atoms with Gasteiger partial charge in [-0.15, -0.1) is 16.3 Å². The average molecular weight is 613 g/mol. The molecule has 3 aromatic rings. The van der Waals surface area contributed by atoms with E-state index in [0.29, 0.717) is 11.2 Å². The molecule has 0 bridgehead atoms. The fourth-order valence-corrected chi connectivity index (χ4v) is 6.87. The van der Waals surface area contributed by atoms with Gasteiger partial charge in [0, 0.05) is 28.9 Å². The molecule has 3 amide bonds. The SMILES string of the molecule is NC(=O)c1ccc2n(cc[n+]2CC2=C(C(=O)[O-])N3C(=O)[C@@H](NC(=O)/C(=N\OC4CCCC4)c4nsc(N)n4)[C@H]3SC2)n1. The van der Waals surface area contributed by atoms with Crippen molar-refractivity contribution in [1.82, 2.24) is 29.2 Å². The number of rotatable bonds is 9. The van der Waals surface area contributed by atoms with Crippen molar-refractivity contribution in [2.75, 3.05) is 11.5 Å². The molecule has 2 atom stereocenters. The van der Waals surface area contributed by atoms with Crippen molar-refractivity contribution in [3.63, 3.8) is 0 Å². The predicted octanol–water partition coefficient (Wildman–Crippen LogP) is -2.08. The molecular weight excluding hydrogens is 588 g/mol. The number of nitrogen functional groups attached to an aromatic ring is 1. The summed E-state index contributed by atoms with van der Waals surface area (Å²) in [6.07, 6.45) is 6.74. The van der Waals surface area contributed by atoms with Gasteiger partial charge in [0.2, 0.25) is 11.5 Å². The molecule has 0 radical (unpaired) electrons. The number of fused-ring (bicyclic) bond motifs is 2. The summed E-state index contributed by atoms with van der Waals surface area (Å²) in [5.41, 5.74) is 11.6. The van der Waals surface area contributed by atoms with Gasteiger partial charge in [0.15, 0.2) is 17.0 Å². The minimum absolute atomic E-state index is 0.0280. The van der Waals surface area contributed by atoms with Gasteiger partial charge in [-0.25, -0.2) is 4.57 Å². The number of hydrogen-bond acceptors (Lipinski definition) is 13. The highest BCUT2D eigenvalue weighted by molar-refractivity contribution is 8.00. The molecule has 0 aromatic carbocycles. The summed E-state index contributed by atoms with van der Waals surface area (Å²) in [6.45, 7) is 0.115. The number of oxime groups is 1. The molecule has 42 heavy (non-hydrogen) atoms. The number of imidazole rings is 1. The summed E-state index contributed by atoms with van der Waals surface area (Å²) in [4.78, 5) is 60.9. The monoisotopic (exact) mass is 612 g/mol. The van der Waals surface area contributed by atoms with Crippen molar-refractivity contribution in [1.29, 1.82) is 0 Å². The van der Waals surface area contributed by atoms with Crippen molar-refractivity contribution < 1.29 is 33.7 Å². The van der Waals surface area contributed by atoms with Gasteiger partial charge in [-0.05, 0) is 31.7 Å². The summed E-state index contributed by atoms with van der Waals surface area (Å²) in [6, 6.07) is 2.07. The lowest BCUT2D eigenvalue weighted by Crippen LogP contribution is -2.71. The van der Waals surface area contributed by atoms with E-state index in [1.165, 1.54) is 22.3 Å². The Kier molecular flexibility index (Phi) is 7.23. The topological polar surface area (TPSA) is 227 Å².